The summed E-state index contributed by atoms with van der Waals surface area (Å²) >= 11 is 0. The highest BCUT2D eigenvalue weighted by atomic mass is 32.2. The van der Waals surface area contributed by atoms with Gasteiger partial charge in [0.25, 0.3) is 5.91 Å². The molecule has 23 heavy (non-hydrogen) atoms. The van der Waals surface area contributed by atoms with Crippen molar-refractivity contribution >= 4 is 27.3 Å². The minimum Gasteiger partial charge on any atom is -0.495 e. The molecule has 0 unspecified atom stereocenters. The lowest BCUT2D eigenvalue weighted by molar-refractivity contribution is 0.102. The number of methoxy groups -OCH3 is 1. The van der Waals surface area contributed by atoms with Crippen LogP contribution in [0.5, 0.6) is 5.75 Å². The minimum atomic E-state index is -3.52. The van der Waals surface area contributed by atoms with Crippen molar-refractivity contribution in [2.75, 3.05) is 23.4 Å². The minimum absolute atomic E-state index is 0.110. The number of nitrogens with one attached hydrogen (secondary N) is 2. The highest BCUT2D eigenvalue weighted by Gasteiger charge is 2.13. The average Bonchev–Trinajstić information content (AvgIpc) is 2.46. The molecule has 2 aromatic carbocycles. The van der Waals surface area contributed by atoms with E-state index in [-0.39, 0.29) is 11.3 Å². The lowest BCUT2D eigenvalue weighted by Gasteiger charge is -2.12. The fraction of sp³-hybridized carbons (Fsp3) is 0.133. The van der Waals surface area contributed by atoms with Crippen LogP contribution < -0.4 is 14.8 Å². The first kappa shape index (κ1) is 16.8. The number of carbonyl (C=O) groups is 1. The second-order valence-corrected chi connectivity index (χ2v) is 6.47. The summed E-state index contributed by atoms with van der Waals surface area (Å²) in [6, 6.07) is 9.95. The van der Waals surface area contributed by atoms with E-state index in [1.165, 1.54) is 43.5 Å². The third kappa shape index (κ3) is 4.43. The van der Waals surface area contributed by atoms with E-state index in [1.807, 2.05) is 0 Å². The van der Waals surface area contributed by atoms with Gasteiger partial charge in [0.05, 0.1) is 24.6 Å². The Morgan fingerprint density at radius 1 is 1.17 bits per heavy atom. The molecule has 0 heterocycles. The number of sulfonamides is 1. The Bertz CT molecular complexity index is 837. The molecular formula is C15H15FN2O4S. The van der Waals surface area contributed by atoms with Gasteiger partial charge in [-0.25, -0.2) is 12.8 Å². The van der Waals surface area contributed by atoms with E-state index in [0.717, 1.165) is 6.26 Å². The smallest absolute Gasteiger partial charge is 0.258 e. The topological polar surface area (TPSA) is 84.5 Å². The van der Waals surface area contributed by atoms with Gasteiger partial charge < -0.3 is 10.1 Å². The van der Waals surface area contributed by atoms with Crippen LogP contribution in [-0.4, -0.2) is 27.7 Å². The van der Waals surface area contributed by atoms with Gasteiger partial charge in [-0.3, -0.25) is 9.52 Å². The number of ether oxygens (including phenoxy) is 1. The maximum atomic E-state index is 13.6. The standard InChI is InChI=1S/C15H15FN2O4S/c1-22-14-8-7-10(9-13(14)18-23(2,20)21)17-15(19)11-5-3-4-6-12(11)16/h3-9,18H,1-2H3,(H,17,19). The zero-order valence-corrected chi connectivity index (χ0v) is 13.3. The monoisotopic (exact) mass is 338 g/mol. The molecule has 2 aromatic rings. The van der Waals surface area contributed by atoms with Crippen LogP contribution in [0.1, 0.15) is 10.4 Å². The van der Waals surface area contributed by atoms with Crippen molar-refractivity contribution < 1.29 is 22.3 Å². The first-order chi connectivity index (χ1) is 10.8. The van der Waals surface area contributed by atoms with Gasteiger partial charge in [0, 0.05) is 5.69 Å². The third-order valence-electron chi connectivity index (χ3n) is 2.87. The summed E-state index contributed by atoms with van der Waals surface area (Å²) in [5, 5.41) is 2.51. The number of carbonyl (C=O) groups excluding carboxylic acids is 1. The molecule has 0 fully saturated rings. The van der Waals surface area contributed by atoms with Gasteiger partial charge in [-0.15, -0.1) is 0 Å². The quantitative estimate of drug-likeness (QED) is 0.877. The number of rotatable bonds is 5. The molecule has 2 N–H and O–H groups in total. The van der Waals surface area contributed by atoms with Gasteiger partial charge in [-0.05, 0) is 30.3 Å². The fourth-order valence-electron chi connectivity index (χ4n) is 1.91. The van der Waals surface area contributed by atoms with Gasteiger partial charge >= 0.3 is 0 Å². The second-order valence-electron chi connectivity index (χ2n) is 4.72. The molecule has 0 aromatic heterocycles. The zero-order chi connectivity index (χ0) is 17.0. The number of anilines is 2. The van der Waals surface area contributed by atoms with E-state index >= 15 is 0 Å². The van der Waals surface area contributed by atoms with Crippen LogP contribution in [0.25, 0.3) is 0 Å². The van der Waals surface area contributed by atoms with Gasteiger partial charge in [0.1, 0.15) is 11.6 Å². The molecule has 122 valence electrons. The van der Waals surface area contributed by atoms with Crippen molar-refractivity contribution in [3.8, 4) is 5.75 Å². The molecule has 2 rings (SSSR count). The highest BCUT2D eigenvalue weighted by Crippen LogP contribution is 2.28. The van der Waals surface area contributed by atoms with Crippen molar-refractivity contribution in [2.45, 2.75) is 0 Å². The summed E-state index contributed by atoms with van der Waals surface area (Å²) in [5.41, 5.74) is 0.354. The first-order valence-corrected chi connectivity index (χ1v) is 8.41. The van der Waals surface area contributed by atoms with Crippen LogP contribution in [-0.2, 0) is 10.0 Å². The first-order valence-electron chi connectivity index (χ1n) is 6.52. The Labute approximate surface area is 133 Å². The second kappa shape index (κ2) is 6.66. The summed E-state index contributed by atoms with van der Waals surface area (Å²) in [6.45, 7) is 0. The normalized spacial score (nSPS) is 10.9. The molecule has 0 aliphatic heterocycles. The number of hydrogen-bond acceptors (Lipinski definition) is 4. The Morgan fingerprint density at radius 3 is 2.48 bits per heavy atom. The Kier molecular flexibility index (Phi) is 4.85. The van der Waals surface area contributed by atoms with Crippen molar-refractivity contribution in [1.29, 1.82) is 0 Å². The van der Waals surface area contributed by atoms with Crippen molar-refractivity contribution in [3.63, 3.8) is 0 Å². The molecule has 0 saturated heterocycles. The number of hydrogen-bond donors (Lipinski definition) is 2. The van der Waals surface area contributed by atoms with Crippen LogP contribution in [0.3, 0.4) is 0 Å². The van der Waals surface area contributed by atoms with Crippen molar-refractivity contribution in [1.82, 2.24) is 0 Å². The Balaban J connectivity index is 2.29. The molecule has 0 spiro atoms. The van der Waals surface area contributed by atoms with E-state index < -0.39 is 21.7 Å². The van der Waals surface area contributed by atoms with Crippen LogP contribution in [0, 0.1) is 5.82 Å². The molecule has 1 amide bonds. The summed E-state index contributed by atoms with van der Waals surface area (Å²) in [5.74, 6) is -0.995. The van der Waals surface area contributed by atoms with E-state index in [4.69, 9.17) is 4.74 Å². The molecular weight excluding hydrogens is 323 g/mol. The van der Waals surface area contributed by atoms with E-state index in [2.05, 4.69) is 10.0 Å². The predicted molar refractivity (Wildman–Crippen MR) is 85.8 cm³/mol. The average molecular weight is 338 g/mol. The van der Waals surface area contributed by atoms with Gasteiger partial charge in [-0.2, -0.15) is 0 Å². The van der Waals surface area contributed by atoms with Crippen molar-refractivity contribution in [3.05, 3.63) is 53.8 Å². The summed E-state index contributed by atoms with van der Waals surface area (Å²) in [7, 11) is -2.13. The molecule has 0 atom stereocenters. The number of amides is 1. The van der Waals surface area contributed by atoms with Crippen LogP contribution in [0.15, 0.2) is 42.5 Å². The fourth-order valence-corrected chi connectivity index (χ4v) is 2.47. The number of halogens is 1. The van der Waals surface area contributed by atoms with Gasteiger partial charge in [-0.1, -0.05) is 12.1 Å². The lowest BCUT2D eigenvalue weighted by atomic mass is 10.2. The van der Waals surface area contributed by atoms with Crippen LogP contribution >= 0.6 is 0 Å². The summed E-state index contributed by atoms with van der Waals surface area (Å²) in [6.07, 6.45) is 0.997. The van der Waals surface area contributed by atoms with E-state index in [0.29, 0.717) is 11.4 Å². The molecule has 0 radical (unpaired) electrons. The maximum absolute atomic E-state index is 13.6. The largest absolute Gasteiger partial charge is 0.495 e. The molecule has 0 aliphatic rings. The molecule has 0 saturated carbocycles. The molecule has 8 heteroatoms. The molecule has 0 bridgehead atoms. The SMILES string of the molecule is COc1ccc(NC(=O)c2ccccc2F)cc1NS(C)(=O)=O. The van der Waals surface area contributed by atoms with E-state index in [1.54, 1.807) is 6.07 Å². The Hall–Kier alpha value is -2.61. The summed E-state index contributed by atoms with van der Waals surface area (Å²) in [4.78, 5) is 12.1. The van der Waals surface area contributed by atoms with E-state index in [9.17, 15) is 17.6 Å². The Morgan fingerprint density at radius 2 is 1.87 bits per heavy atom. The maximum Gasteiger partial charge on any atom is 0.258 e. The third-order valence-corrected chi connectivity index (χ3v) is 3.46. The highest BCUT2D eigenvalue weighted by molar-refractivity contribution is 7.92. The van der Waals surface area contributed by atoms with Crippen molar-refractivity contribution in [2.24, 2.45) is 0 Å². The van der Waals surface area contributed by atoms with Crippen LogP contribution in [0.4, 0.5) is 15.8 Å². The molecule has 6 nitrogen and oxygen atoms in total. The predicted octanol–water partition coefficient (Wildman–Crippen LogP) is 2.46. The number of benzene rings is 2. The summed E-state index contributed by atoms with van der Waals surface area (Å²) < 4.78 is 43.7. The molecule has 0 aliphatic carbocycles. The lowest BCUT2D eigenvalue weighted by Crippen LogP contribution is -2.15. The van der Waals surface area contributed by atoms with Gasteiger partial charge in [0.15, 0.2) is 0 Å². The zero-order valence-electron chi connectivity index (χ0n) is 12.5. The van der Waals surface area contributed by atoms with Gasteiger partial charge in [0.2, 0.25) is 10.0 Å². The van der Waals surface area contributed by atoms with Crippen LogP contribution in [0.2, 0.25) is 0 Å².